The predicted molar refractivity (Wildman–Crippen MR) is 127 cm³/mol. The molecule has 176 valence electrons. The van der Waals surface area contributed by atoms with Gasteiger partial charge in [0, 0.05) is 18.7 Å². The van der Waals surface area contributed by atoms with Gasteiger partial charge in [0.2, 0.25) is 0 Å². The number of rotatable bonds is 10. The average molecular weight is 453 g/mol. The molecular formula is C26H32N2O5. The van der Waals surface area contributed by atoms with Crippen LogP contribution in [0.2, 0.25) is 0 Å². The molecule has 1 fully saturated rings. The van der Waals surface area contributed by atoms with Crippen LogP contribution in [-0.2, 0) is 9.59 Å². The number of aliphatic hydroxyl groups excluding tert-OH is 1. The van der Waals surface area contributed by atoms with E-state index >= 15 is 0 Å². The molecule has 7 heteroatoms. The summed E-state index contributed by atoms with van der Waals surface area (Å²) in [5.74, 6) is -0.182. The molecule has 3 rings (SSSR count). The molecule has 7 nitrogen and oxygen atoms in total. The molecule has 1 unspecified atom stereocenters. The van der Waals surface area contributed by atoms with Crippen molar-refractivity contribution < 1.29 is 24.2 Å². The van der Waals surface area contributed by atoms with Crippen LogP contribution >= 0.6 is 0 Å². The first kappa shape index (κ1) is 24.3. The minimum absolute atomic E-state index is 0.0784. The first-order chi connectivity index (χ1) is 15.9. The molecular weight excluding hydrogens is 420 g/mol. The highest BCUT2D eigenvalue weighted by molar-refractivity contribution is 6.46. The summed E-state index contributed by atoms with van der Waals surface area (Å²) in [4.78, 5) is 29.6. The van der Waals surface area contributed by atoms with Crippen molar-refractivity contribution in [3.05, 3.63) is 65.2 Å². The second-order valence-electron chi connectivity index (χ2n) is 8.17. The van der Waals surface area contributed by atoms with E-state index < -0.39 is 17.7 Å². The molecule has 1 N–H and O–H groups in total. The summed E-state index contributed by atoms with van der Waals surface area (Å²) in [6.45, 7) is 5.94. The lowest BCUT2D eigenvalue weighted by Crippen LogP contribution is -2.35. The molecule has 0 saturated carbocycles. The van der Waals surface area contributed by atoms with Crippen molar-refractivity contribution in [1.29, 1.82) is 0 Å². The Hall–Kier alpha value is -3.32. The number of nitrogens with zero attached hydrogens (tertiary/aromatic N) is 2. The van der Waals surface area contributed by atoms with Gasteiger partial charge >= 0.3 is 0 Å². The molecule has 1 saturated heterocycles. The summed E-state index contributed by atoms with van der Waals surface area (Å²) in [5, 5.41) is 11.2. The zero-order valence-electron chi connectivity index (χ0n) is 19.7. The van der Waals surface area contributed by atoms with Gasteiger partial charge in [-0.15, -0.1) is 0 Å². The van der Waals surface area contributed by atoms with Crippen LogP contribution in [0.3, 0.4) is 0 Å². The molecule has 1 heterocycles. The largest absolute Gasteiger partial charge is 0.507 e. The number of carbonyl (C=O) groups is 2. The third kappa shape index (κ3) is 5.54. The van der Waals surface area contributed by atoms with Gasteiger partial charge in [0.1, 0.15) is 17.3 Å². The number of aliphatic hydroxyl groups is 1. The topological polar surface area (TPSA) is 79.3 Å². The fourth-order valence-electron chi connectivity index (χ4n) is 3.79. The van der Waals surface area contributed by atoms with E-state index in [1.54, 1.807) is 24.3 Å². The predicted octanol–water partition coefficient (Wildman–Crippen LogP) is 3.86. The Morgan fingerprint density at radius 3 is 2.39 bits per heavy atom. The van der Waals surface area contributed by atoms with Crippen molar-refractivity contribution in [3.8, 4) is 11.5 Å². The van der Waals surface area contributed by atoms with Gasteiger partial charge < -0.3 is 24.4 Å². The number of benzene rings is 2. The number of amides is 1. The number of hydrogen-bond donors (Lipinski definition) is 1. The number of likely N-dealkylation sites (tertiary alicyclic amines) is 1. The average Bonchev–Trinajstić information content (AvgIpc) is 3.06. The van der Waals surface area contributed by atoms with Crippen molar-refractivity contribution in [2.75, 3.05) is 40.4 Å². The highest BCUT2D eigenvalue weighted by Gasteiger charge is 2.46. The van der Waals surface area contributed by atoms with E-state index in [9.17, 15) is 14.7 Å². The molecule has 1 amide bonds. The fourth-order valence-corrected chi connectivity index (χ4v) is 3.79. The quantitative estimate of drug-likeness (QED) is 0.335. The SMILES string of the molecule is CCCOc1ccc(/C(O)=C2\C(=O)C(=O)N(CCN(C)C)C2c2cccc(OCC)c2)cc1. The second-order valence-corrected chi connectivity index (χ2v) is 8.17. The fraction of sp³-hybridized carbons (Fsp3) is 0.385. The molecule has 0 aliphatic carbocycles. The van der Waals surface area contributed by atoms with Gasteiger partial charge in [0.15, 0.2) is 0 Å². The number of ether oxygens (including phenoxy) is 2. The van der Waals surface area contributed by atoms with Crippen molar-refractivity contribution in [2.24, 2.45) is 0 Å². The number of ketones is 1. The van der Waals surface area contributed by atoms with E-state index in [1.807, 2.05) is 57.1 Å². The van der Waals surface area contributed by atoms with Gasteiger partial charge in [-0.2, -0.15) is 0 Å². The monoisotopic (exact) mass is 452 g/mol. The van der Waals surface area contributed by atoms with Crippen LogP contribution in [0.15, 0.2) is 54.1 Å². The van der Waals surface area contributed by atoms with Crippen molar-refractivity contribution in [2.45, 2.75) is 26.3 Å². The maximum absolute atomic E-state index is 13.1. The summed E-state index contributed by atoms with van der Waals surface area (Å²) in [6, 6.07) is 13.5. The molecule has 0 spiro atoms. The van der Waals surface area contributed by atoms with E-state index in [0.29, 0.717) is 48.9 Å². The zero-order chi connectivity index (χ0) is 24.0. The molecule has 1 atom stereocenters. The van der Waals surface area contributed by atoms with Crippen LogP contribution in [0.25, 0.3) is 5.76 Å². The molecule has 0 aromatic heterocycles. The highest BCUT2D eigenvalue weighted by Crippen LogP contribution is 2.40. The van der Waals surface area contributed by atoms with Gasteiger partial charge in [0.05, 0.1) is 24.8 Å². The molecule has 0 bridgehead atoms. The Balaban J connectivity index is 2.07. The van der Waals surface area contributed by atoms with E-state index in [-0.39, 0.29) is 11.3 Å². The summed E-state index contributed by atoms with van der Waals surface area (Å²) in [7, 11) is 3.81. The van der Waals surface area contributed by atoms with Crippen LogP contribution in [0.1, 0.15) is 37.4 Å². The van der Waals surface area contributed by atoms with Crippen LogP contribution < -0.4 is 9.47 Å². The van der Waals surface area contributed by atoms with E-state index in [1.165, 1.54) is 4.90 Å². The van der Waals surface area contributed by atoms with Gasteiger partial charge in [-0.3, -0.25) is 9.59 Å². The number of carbonyl (C=O) groups excluding carboxylic acids is 2. The van der Waals surface area contributed by atoms with Crippen molar-refractivity contribution in [1.82, 2.24) is 9.80 Å². The van der Waals surface area contributed by atoms with Gasteiger partial charge in [-0.25, -0.2) is 0 Å². The molecule has 2 aromatic rings. The van der Waals surface area contributed by atoms with E-state index in [2.05, 4.69) is 0 Å². The van der Waals surface area contributed by atoms with Gasteiger partial charge in [-0.05, 0) is 69.4 Å². The zero-order valence-corrected chi connectivity index (χ0v) is 19.7. The maximum Gasteiger partial charge on any atom is 0.295 e. The summed E-state index contributed by atoms with van der Waals surface area (Å²) >= 11 is 0. The first-order valence-electron chi connectivity index (χ1n) is 11.3. The summed E-state index contributed by atoms with van der Waals surface area (Å²) < 4.78 is 11.2. The first-order valence-corrected chi connectivity index (χ1v) is 11.3. The van der Waals surface area contributed by atoms with Crippen LogP contribution in [0, 0.1) is 0 Å². The van der Waals surface area contributed by atoms with Crippen LogP contribution in [0.4, 0.5) is 0 Å². The Labute approximate surface area is 195 Å². The maximum atomic E-state index is 13.1. The highest BCUT2D eigenvalue weighted by atomic mass is 16.5. The Kier molecular flexibility index (Phi) is 8.11. The summed E-state index contributed by atoms with van der Waals surface area (Å²) in [5.41, 5.74) is 1.24. The molecule has 1 aliphatic heterocycles. The lowest BCUT2D eigenvalue weighted by atomic mass is 9.95. The minimum atomic E-state index is -0.707. The standard InChI is InChI=1S/C26H32N2O5/c1-5-16-33-20-12-10-18(11-13-20)24(29)22-23(19-8-7-9-21(17-19)32-6-2)28(15-14-27(3)4)26(31)25(22)30/h7-13,17,23,29H,5-6,14-16H2,1-4H3/b24-22+. The normalized spacial score (nSPS) is 17.6. The number of Topliss-reactive ketones (excluding diaryl/α,β-unsaturated/α-hetero) is 1. The Morgan fingerprint density at radius 2 is 1.76 bits per heavy atom. The molecule has 33 heavy (non-hydrogen) atoms. The Morgan fingerprint density at radius 1 is 1.03 bits per heavy atom. The third-order valence-electron chi connectivity index (χ3n) is 5.41. The van der Waals surface area contributed by atoms with Crippen molar-refractivity contribution in [3.63, 3.8) is 0 Å². The van der Waals surface area contributed by atoms with Crippen LogP contribution in [0.5, 0.6) is 11.5 Å². The second kappa shape index (κ2) is 11.0. The van der Waals surface area contributed by atoms with E-state index in [0.717, 1.165) is 6.42 Å². The smallest absolute Gasteiger partial charge is 0.295 e. The molecule has 2 aromatic carbocycles. The number of likely N-dealkylation sites (N-methyl/N-ethyl adjacent to an activating group) is 1. The third-order valence-corrected chi connectivity index (χ3v) is 5.41. The summed E-state index contributed by atoms with van der Waals surface area (Å²) in [6.07, 6.45) is 0.888. The Bertz CT molecular complexity index is 1010. The lowest BCUT2D eigenvalue weighted by molar-refractivity contribution is -0.140. The van der Waals surface area contributed by atoms with Crippen LogP contribution in [-0.4, -0.2) is 67.0 Å². The molecule has 0 radical (unpaired) electrons. The van der Waals surface area contributed by atoms with Gasteiger partial charge in [0.25, 0.3) is 11.7 Å². The van der Waals surface area contributed by atoms with Gasteiger partial charge in [-0.1, -0.05) is 19.1 Å². The number of hydrogen-bond acceptors (Lipinski definition) is 6. The van der Waals surface area contributed by atoms with E-state index in [4.69, 9.17) is 9.47 Å². The van der Waals surface area contributed by atoms with Crippen molar-refractivity contribution >= 4 is 17.4 Å². The lowest BCUT2D eigenvalue weighted by Gasteiger charge is -2.27. The minimum Gasteiger partial charge on any atom is -0.507 e. The molecule has 1 aliphatic rings.